The Kier molecular flexibility index (Phi) is 5.32. The second kappa shape index (κ2) is 7.63. The Balaban J connectivity index is 1.59. The molecule has 3 rings (SSSR count). The van der Waals surface area contributed by atoms with Crippen molar-refractivity contribution >= 4 is 39.2 Å². The lowest BCUT2D eigenvalue weighted by Crippen LogP contribution is -2.30. The molecule has 2 aromatic heterocycles. The maximum atomic E-state index is 12.3. The van der Waals surface area contributed by atoms with E-state index in [9.17, 15) is 4.79 Å². The number of rotatable bonds is 6. The Morgan fingerprint density at radius 3 is 2.83 bits per heavy atom. The first-order valence-corrected chi connectivity index (χ1v) is 9.19. The fourth-order valence-corrected chi connectivity index (χ4v) is 3.88. The molecule has 0 aliphatic heterocycles. The molecule has 0 spiro atoms. The monoisotopic (exact) mass is 359 g/mol. The predicted molar refractivity (Wildman–Crippen MR) is 97.6 cm³/mol. The minimum atomic E-state index is -0.235. The first kappa shape index (κ1) is 16.7. The van der Waals surface area contributed by atoms with Crippen molar-refractivity contribution in [2.24, 2.45) is 0 Å². The first-order valence-electron chi connectivity index (χ1n) is 7.43. The molecule has 2 heterocycles. The van der Waals surface area contributed by atoms with Crippen LogP contribution in [0.3, 0.4) is 0 Å². The van der Waals surface area contributed by atoms with Gasteiger partial charge in [0.2, 0.25) is 5.91 Å². The molecule has 3 aromatic rings. The van der Waals surface area contributed by atoms with Crippen molar-refractivity contribution in [2.45, 2.75) is 23.7 Å². The Labute approximate surface area is 148 Å². The van der Waals surface area contributed by atoms with Crippen LogP contribution in [0.1, 0.15) is 12.5 Å². The summed E-state index contributed by atoms with van der Waals surface area (Å²) in [4.78, 5) is 21.8. The van der Waals surface area contributed by atoms with Gasteiger partial charge in [-0.1, -0.05) is 23.9 Å². The summed E-state index contributed by atoms with van der Waals surface area (Å²) in [6.45, 7) is 2.37. The van der Waals surface area contributed by atoms with Gasteiger partial charge in [-0.25, -0.2) is 9.97 Å². The highest BCUT2D eigenvalue weighted by Crippen LogP contribution is 2.30. The summed E-state index contributed by atoms with van der Waals surface area (Å²) in [5, 5.41) is 6.55. The number of thioether (sulfide) groups is 1. The van der Waals surface area contributed by atoms with Crippen LogP contribution < -0.4 is 10.1 Å². The van der Waals surface area contributed by atoms with Crippen molar-refractivity contribution in [1.82, 2.24) is 15.3 Å². The van der Waals surface area contributed by atoms with Gasteiger partial charge in [-0.3, -0.25) is 4.79 Å². The molecular weight excluding hydrogens is 342 g/mol. The Hall–Kier alpha value is -2.12. The molecule has 24 heavy (non-hydrogen) atoms. The third kappa shape index (κ3) is 3.85. The van der Waals surface area contributed by atoms with E-state index in [1.54, 1.807) is 24.8 Å². The van der Waals surface area contributed by atoms with Crippen molar-refractivity contribution in [3.63, 3.8) is 0 Å². The smallest absolute Gasteiger partial charge is 0.233 e. The normalized spacial score (nSPS) is 12.1. The predicted octanol–water partition coefficient (Wildman–Crippen LogP) is 3.50. The lowest BCUT2D eigenvalue weighted by Gasteiger charge is -2.12. The highest BCUT2D eigenvalue weighted by Gasteiger charge is 2.17. The van der Waals surface area contributed by atoms with Gasteiger partial charge in [0, 0.05) is 11.9 Å². The summed E-state index contributed by atoms with van der Waals surface area (Å²) in [6.07, 6.45) is 1.54. The molecule has 0 aliphatic rings. The number of aromatic nitrogens is 2. The van der Waals surface area contributed by atoms with Crippen LogP contribution in [0, 0.1) is 0 Å². The molecule has 124 valence electrons. The summed E-state index contributed by atoms with van der Waals surface area (Å²) in [5.41, 5.74) is 1.03. The van der Waals surface area contributed by atoms with Crippen LogP contribution in [0.25, 0.3) is 10.2 Å². The van der Waals surface area contributed by atoms with Gasteiger partial charge in [0.15, 0.2) is 0 Å². The third-order valence-electron chi connectivity index (χ3n) is 3.51. The van der Waals surface area contributed by atoms with Crippen LogP contribution in [0.4, 0.5) is 0 Å². The van der Waals surface area contributed by atoms with Crippen molar-refractivity contribution in [1.29, 1.82) is 0 Å². The molecule has 1 atom stereocenters. The highest BCUT2D eigenvalue weighted by atomic mass is 32.2. The van der Waals surface area contributed by atoms with E-state index in [1.807, 2.05) is 42.6 Å². The number of amides is 1. The van der Waals surface area contributed by atoms with Crippen LogP contribution in [0.2, 0.25) is 0 Å². The van der Waals surface area contributed by atoms with Gasteiger partial charge in [-0.05, 0) is 36.1 Å². The number of nitrogens with zero attached hydrogens (tertiary/aromatic N) is 2. The lowest BCUT2D eigenvalue weighted by atomic mass is 10.2. The van der Waals surface area contributed by atoms with Gasteiger partial charge in [0.1, 0.15) is 21.9 Å². The van der Waals surface area contributed by atoms with Crippen LogP contribution in [-0.2, 0) is 11.3 Å². The van der Waals surface area contributed by atoms with Crippen LogP contribution >= 0.6 is 23.1 Å². The Morgan fingerprint density at radius 1 is 1.29 bits per heavy atom. The molecular formula is C17H17N3O2S2. The highest BCUT2D eigenvalue weighted by molar-refractivity contribution is 8.00. The maximum Gasteiger partial charge on any atom is 0.233 e. The summed E-state index contributed by atoms with van der Waals surface area (Å²) in [6, 6.07) is 9.64. The molecule has 1 N–H and O–H groups in total. The van der Waals surface area contributed by atoms with Crippen molar-refractivity contribution in [3.05, 3.63) is 47.6 Å². The summed E-state index contributed by atoms with van der Waals surface area (Å²) in [7, 11) is 1.63. The number of nitrogens with one attached hydrogen (secondary N) is 1. The minimum absolute atomic E-state index is 0.0159. The third-order valence-corrected chi connectivity index (χ3v) is 5.45. The zero-order valence-electron chi connectivity index (χ0n) is 13.4. The topological polar surface area (TPSA) is 64.1 Å². The number of carbonyl (C=O) groups is 1. The summed E-state index contributed by atoms with van der Waals surface area (Å²) >= 11 is 3.02. The second-order valence-corrected chi connectivity index (χ2v) is 7.37. The van der Waals surface area contributed by atoms with Crippen LogP contribution in [-0.4, -0.2) is 28.2 Å². The number of hydrogen-bond donors (Lipinski definition) is 1. The number of carbonyl (C=O) groups excluding carboxylic acids is 1. The van der Waals surface area contributed by atoms with E-state index < -0.39 is 0 Å². The molecule has 0 saturated heterocycles. The number of ether oxygens (including phenoxy) is 1. The second-order valence-electron chi connectivity index (χ2n) is 5.14. The number of benzene rings is 1. The number of methoxy groups -OCH3 is 1. The standard InChI is InChI=1S/C17H17N3O2S2/c1-11(24-17-14-7-8-23-16(14)19-10-20-17)15(21)18-9-12-3-5-13(22-2)6-4-12/h3-8,10-11H,9H2,1-2H3,(H,18,21)/t11-/m1/s1. The van der Waals surface area contributed by atoms with Crippen molar-refractivity contribution in [2.75, 3.05) is 7.11 Å². The van der Waals surface area contributed by atoms with Gasteiger partial charge >= 0.3 is 0 Å². The van der Waals surface area contributed by atoms with E-state index in [0.717, 1.165) is 26.6 Å². The SMILES string of the molecule is COc1ccc(CNC(=O)[C@@H](C)Sc2ncnc3sccc23)cc1. The lowest BCUT2D eigenvalue weighted by molar-refractivity contribution is -0.120. The summed E-state index contributed by atoms with van der Waals surface area (Å²) < 4.78 is 5.13. The molecule has 1 aromatic carbocycles. The average molecular weight is 359 g/mol. The van der Waals surface area contributed by atoms with E-state index >= 15 is 0 Å². The molecule has 0 bridgehead atoms. The van der Waals surface area contributed by atoms with E-state index in [2.05, 4.69) is 15.3 Å². The van der Waals surface area contributed by atoms with Crippen LogP contribution in [0.15, 0.2) is 47.1 Å². The van der Waals surface area contributed by atoms with E-state index in [1.165, 1.54) is 11.8 Å². The minimum Gasteiger partial charge on any atom is -0.497 e. The fourth-order valence-electron chi connectivity index (χ4n) is 2.16. The molecule has 0 unspecified atom stereocenters. The van der Waals surface area contributed by atoms with Crippen molar-refractivity contribution < 1.29 is 9.53 Å². The zero-order chi connectivity index (χ0) is 16.9. The average Bonchev–Trinajstić information content (AvgIpc) is 3.10. The molecule has 5 nitrogen and oxygen atoms in total. The Morgan fingerprint density at radius 2 is 2.08 bits per heavy atom. The van der Waals surface area contributed by atoms with Gasteiger partial charge < -0.3 is 10.1 Å². The van der Waals surface area contributed by atoms with Crippen LogP contribution in [0.5, 0.6) is 5.75 Å². The Bertz CT molecular complexity index is 833. The van der Waals surface area contributed by atoms with E-state index in [0.29, 0.717) is 6.54 Å². The number of fused-ring (bicyclic) bond motifs is 1. The van der Waals surface area contributed by atoms with E-state index in [-0.39, 0.29) is 11.2 Å². The van der Waals surface area contributed by atoms with E-state index in [4.69, 9.17) is 4.74 Å². The van der Waals surface area contributed by atoms with Gasteiger partial charge in [0.25, 0.3) is 0 Å². The first-order chi connectivity index (χ1) is 11.7. The van der Waals surface area contributed by atoms with Gasteiger partial charge in [-0.15, -0.1) is 11.3 Å². The molecule has 0 saturated carbocycles. The van der Waals surface area contributed by atoms with Gasteiger partial charge in [-0.2, -0.15) is 0 Å². The number of thiophene rings is 1. The maximum absolute atomic E-state index is 12.3. The summed E-state index contributed by atoms with van der Waals surface area (Å²) in [5.74, 6) is 0.787. The van der Waals surface area contributed by atoms with Gasteiger partial charge in [0.05, 0.1) is 12.4 Å². The zero-order valence-corrected chi connectivity index (χ0v) is 15.0. The number of hydrogen-bond acceptors (Lipinski definition) is 6. The largest absolute Gasteiger partial charge is 0.497 e. The molecule has 0 aliphatic carbocycles. The quantitative estimate of drug-likeness (QED) is 0.539. The molecule has 0 radical (unpaired) electrons. The molecule has 1 amide bonds. The van der Waals surface area contributed by atoms with Crippen molar-refractivity contribution in [3.8, 4) is 5.75 Å². The fraction of sp³-hybridized carbons (Fsp3) is 0.235. The molecule has 0 fully saturated rings. The molecule has 7 heteroatoms.